The molecule has 108 valence electrons. The maximum absolute atomic E-state index is 5.46. The van der Waals surface area contributed by atoms with Gasteiger partial charge >= 0.3 is 0 Å². The Morgan fingerprint density at radius 2 is 1.80 bits per heavy atom. The lowest BCUT2D eigenvalue weighted by molar-refractivity contribution is 0.324. The number of likely N-dealkylation sites (N-methyl/N-ethyl adjacent to an activating group) is 1. The largest absolute Gasteiger partial charge is 0.339 e. The summed E-state index contributed by atoms with van der Waals surface area (Å²) < 4.78 is 5.46. The average Bonchev–Trinajstić information content (AvgIpc) is 2.90. The van der Waals surface area contributed by atoms with Crippen LogP contribution in [0, 0.1) is 0 Å². The molecule has 0 spiro atoms. The van der Waals surface area contributed by atoms with Gasteiger partial charge < -0.3 is 9.84 Å². The Bertz CT molecular complexity index is 542. The van der Waals surface area contributed by atoms with E-state index in [1.165, 1.54) is 5.56 Å². The Kier molecular flexibility index (Phi) is 4.23. The van der Waals surface area contributed by atoms with Crippen LogP contribution < -0.4 is 5.32 Å². The third-order valence-corrected chi connectivity index (χ3v) is 3.47. The van der Waals surface area contributed by atoms with Gasteiger partial charge in [0.1, 0.15) is 0 Å². The van der Waals surface area contributed by atoms with E-state index in [1.807, 2.05) is 25.2 Å². The smallest absolute Gasteiger partial charge is 0.231 e. The molecule has 0 fully saturated rings. The van der Waals surface area contributed by atoms with Crippen LogP contribution in [0.4, 0.5) is 0 Å². The number of aromatic nitrogens is 2. The molecule has 0 aliphatic rings. The van der Waals surface area contributed by atoms with Crippen LogP contribution in [0.1, 0.15) is 56.9 Å². The molecule has 0 saturated heterocycles. The molecule has 2 rings (SSSR count). The molecule has 4 heteroatoms. The average molecular weight is 273 g/mol. The van der Waals surface area contributed by atoms with Crippen molar-refractivity contribution in [1.29, 1.82) is 0 Å². The molecule has 1 heterocycles. The Morgan fingerprint density at radius 1 is 1.15 bits per heavy atom. The molecule has 4 nitrogen and oxygen atoms in total. The van der Waals surface area contributed by atoms with Gasteiger partial charge in [0.25, 0.3) is 0 Å². The first kappa shape index (κ1) is 14.7. The second kappa shape index (κ2) is 5.75. The number of nitrogens with zero attached hydrogens (tertiary/aromatic N) is 2. The highest BCUT2D eigenvalue weighted by atomic mass is 16.5. The van der Waals surface area contributed by atoms with Crippen LogP contribution in [0.3, 0.4) is 0 Å². The SMILES string of the molecule is CNC(c1ccccc1)C(C)c1nc(C(C)(C)C)no1. The molecule has 2 atom stereocenters. The molecular formula is C16H23N3O. The molecule has 0 aliphatic heterocycles. The highest BCUT2D eigenvalue weighted by Crippen LogP contribution is 2.30. The summed E-state index contributed by atoms with van der Waals surface area (Å²) in [5, 5.41) is 7.44. The summed E-state index contributed by atoms with van der Waals surface area (Å²) in [6, 6.07) is 10.5. The zero-order valence-electron chi connectivity index (χ0n) is 12.8. The second-order valence-electron chi connectivity index (χ2n) is 6.17. The third kappa shape index (κ3) is 3.07. The summed E-state index contributed by atoms with van der Waals surface area (Å²) in [6.45, 7) is 8.35. The Morgan fingerprint density at radius 3 is 2.30 bits per heavy atom. The maximum Gasteiger partial charge on any atom is 0.231 e. The normalized spacial score (nSPS) is 15.1. The summed E-state index contributed by atoms with van der Waals surface area (Å²) in [7, 11) is 1.95. The first-order valence-electron chi connectivity index (χ1n) is 6.99. The van der Waals surface area contributed by atoms with Crippen LogP contribution in [0.2, 0.25) is 0 Å². The summed E-state index contributed by atoms with van der Waals surface area (Å²) in [5.74, 6) is 1.55. The lowest BCUT2D eigenvalue weighted by Gasteiger charge is -2.21. The summed E-state index contributed by atoms with van der Waals surface area (Å²) in [4.78, 5) is 4.56. The summed E-state index contributed by atoms with van der Waals surface area (Å²) in [6.07, 6.45) is 0. The van der Waals surface area contributed by atoms with Crippen molar-refractivity contribution in [3.63, 3.8) is 0 Å². The van der Waals surface area contributed by atoms with Crippen LogP contribution in [-0.4, -0.2) is 17.2 Å². The van der Waals surface area contributed by atoms with Crippen molar-refractivity contribution in [3.05, 3.63) is 47.6 Å². The third-order valence-electron chi connectivity index (χ3n) is 3.47. The van der Waals surface area contributed by atoms with Gasteiger partial charge in [0.15, 0.2) is 5.82 Å². The maximum atomic E-state index is 5.46. The van der Waals surface area contributed by atoms with E-state index < -0.39 is 0 Å². The monoisotopic (exact) mass is 273 g/mol. The molecule has 1 aromatic carbocycles. The lowest BCUT2D eigenvalue weighted by atomic mass is 9.94. The van der Waals surface area contributed by atoms with E-state index in [2.05, 4.69) is 55.3 Å². The first-order valence-corrected chi connectivity index (χ1v) is 6.99. The Labute approximate surface area is 120 Å². The van der Waals surface area contributed by atoms with Crippen molar-refractivity contribution >= 4 is 0 Å². The van der Waals surface area contributed by atoms with Crippen molar-refractivity contribution in [3.8, 4) is 0 Å². The van der Waals surface area contributed by atoms with Crippen LogP contribution in [-0.2, 0) is 5.41 Å². The Balaban J connectivity index is 2.25. The standard InChI is InChI=1S/C16H23N3O/c1-11(13(17-5)12-9-7-6-8-10-12)14-18-15(19-20-14)16(2,3)4/h6-11,13,17H,1-5H3. The fraction of sp³-hybridized carbons (Fsp3) is 0.500. The summed E-state index contributed by atoms with van der Waals surface area (Å²) in [5.41, 5.74) is 1.13. The molecule has 0 radical (unpaired) electrons. The molecule has 2 unspecified atom stereocenters. The number of benzene rings is 1. The van der Waals surface area contributed by atoms with E-state index in [0.29, 0.717) is 5.89 Å². The molecule has 20 heavy (non-hydrogen) atoms. The van der Waals surface area contributed by atoms with E-state index in [0.717, 1.165) is 5.82 Å². The zero-order chi connectivity index (χ0) is 14.8. The Hall–Kier alpha value is -1.68. The van der Waals surface area contributed by atoms with Gasteiger partial charge in [-0.3, -0.25) is 0 Å². The quantitative estimate of drug-likeness (QED) is 0.927. The van der Waals surface area contributed by atoms with Gasteiger partial charge in [0.2, 0.25) is 5.89 Å². The fourth-order valence-electron chi connectivity index (χ4n) is 2.23. The number of hydrogen-bond acceptors (Lipinski definition) is 4. The van der Waals surface area contributed by atoms with E-state index in [4.69, 9.17) is 4.52 Å². The second-order valence-corrected chi connectivity index (χ2v) is 6.17. The minimum atomic E-state index is -0.0939. The van der Waals surface area contributed by atoms with Gasteiger partial charge in [-0.25, -0.2) is 0 Å². The van der Waals surface area contributed by atoms with Crippen molar-refractivity contribution in [2.75, 3.05) is 7.05 Å². The number of rotatable bonds is 4. The van der Waals surface area contributed by atoms with E-state index >= 15 is 0 Å². The van der Waals surface area contributed by atoms with Gasteiger partial charge in [-0.2, -0.15) is 4.98 Å². The number of nitrogens with one attached hydrogen (secondary N) is 1. The van der Waals surface area contributed by atoms with Crippen molar-refractivity contribution in [2.45, 2.75) is 45.1 Å². The topological polar surface area (TPSA) is 51.0 Å². The van der Waals surface area contributed by atoms with Crippen molar-refractivity contribution in [1.82, 2.24) is 15.5 Å². The van der Waals surface area contributed by atoms with Gasteiger partial charge in [-0.15, -0.1) is 0 Å². The van der Waals surface area contributed by atoms with Crippen molar-refractivity contribution < 1.29 is 4.52 Å². The predicted molar refractivity (Wildman–Crippen MR) is 79.7 cm³/mol. The molecule has 0 saturated carbocycles. The van der Waals surface area contributed by atoms with Gasteiger partial charge in [-0.05, 0) is 12.6 Å². The van der Waals surface area contributed by atoms with Crippen LogP contribution in [0.15, 0.2) is 34.9 Å². The highest BCUT2D eigenvalue weighted by Gasteiger charge is 2.27. The lowest BCUT2D eigenvalue weighted by Crippen LogP contribution is -2.22. The molecule has 0 aliphatic carbocycles. The molecule has 2 aromatic rings. The van der Waals surface area contributed by atoms with Crippen LogP contribution in [0.25, 0.3) is 0 Å². The zero-order valence-corrected chi connectivity index (χ0v) is 12.8. The van der Waals surface area contributed by atoms with Crippen LogP contribution in [0.5, 0.6) is 0 Å². The first-order chi connectivity index (χ1) is 9.43. The van der Waals surface area contributed by atoms with Gasteiger partial charge in [0.05, 0.1) is 5.92 Å². The van der Waals surface area contributed by atoms with Gasteiger partial charge in [0, 0.05) is 11.5 Å². The molecule has 1 aromatic heterocycles. The molecular weight excluding hydrogens is 250 g/mol. The number of hydrogen-bond donors (Lipinski definition) is 1. The van der Waals surface area contributed by atoms with E-state index in [-0.39, 0.29) is 17.4 Å². The predicted octanol–water partition coefficient (Wildman–Crippen LogP) is 3.43. The molecule has 0 amide bonds. The van der Waals surface area contributed by atoms with Gasteiger partial charge in [-0.1, -0.05) is 63.2 Å². The minimum absolute atomic E-state index is 0.0939. The van der Waals surface area contributed by atoms with E-state index in [9.17, 15) is 0 Å². The minimum Gasteiger partial charge on any atom is -0.339 e. The highest BCUT2D eigenvalue weighted by molar-refractivity contribution is 5.22. The summed E-state index contributed by atoms with van der Waals surface area (Å²) >= 11 is 0. The fourth-order valence-corrected chi connectivity index (χ4v) is 2.23. The molecule has 1 N–H and O–H groups in total. The van der Waals surface area contributed by atoms with Crippen molar-refractivity contribution in [2.24, 2.45) is 0 Å². The van der Waals surface area contributed by atoms with E-state index in [1.54, 1.807) is 0 Å². The molecule has 0 bridgehead atoms. The van der Waals surface area contributed by atoms with Crippen LogP contribution >= 0.6 is 0 Å².